The second-order valence-corrected chi connectivity index (χ2v) is 5.56. The highest BCUT2D eigenvalue weighted by atomic mass is 16.5. The minimum absolute atomic E-state index is 0.175. The summed E-state index contributed by atoms with van der Waals surface area (Å²) >= 11 is 0. The number of amides is 1. The number of ether oxygens (including phenoxy) is 1. The van der Waals surface area contributed by atoms with Crippen LogP contribution in [-0.2, 0) is 20.7 Å². The summed E-state index contributed by atoms with van der Waals surface area (Å²) in [4.78, 5) is 25.5. The van der Waals surface area contributed by atoms with E-state index in [9.17, 15) is 9.59 Å². The molecule has 2 aromatic carbocycles. The van der Waals surface area contributed by atoms with Gasteiger partial charge < -0.3 is 9.64 Å². The third kappa shape index (κ3) is 4.68. The van der Waals surface area contributed by atoms with Gasteiger partial charge in [-0.1, -0.05) is 36.4 Å². The van der Waals surface area contributed by atoms with E-state index in [1.165, 1.54) is 4.90 Å². The summed E-state index contributed by atoms with van der Waals surface area (Å²) in [7, 11) is 1.67. The number of anilines is 1. The highest BCUT2D eigenvalue weighted by Gasteiger charge is 2.14. The van der Waals surface area contributed by atoms with Gasteiger partial charge in [0, 0.05) is 12.7 Å². The Bertz CT molecular complexity index is 709. The lowest BCUT2D eigenvalue weighted by atomic mass is 10.1. The summed E-state index contributed by atoms with van der Waals surface area (Å²) in [5.41, 5.74) is 3.80. The number of esters is 1. The van der Waals surface area contributed by atoms with Crippen LogP contribution in [0.15, 0.2) is 48.5 Å². The van der Waals surface area contributed by atoms with Crippen LogP contribution >= 0.6 is 0 Å². The standard InChI is InChI=1S/C19H21NO3/c1-14-7-6-10-17(11-14)20(3)18(21)13-23-19(22)12-16-9-5-4-8-15(16)2/h4-11H,12-13H2,1-3H3. The predicted octanol–water partition coefficient (Wildman–Crippen LogP) is 3.05. The molecule has 0 atom stereocenters. The first-order chi connectivity index (χ1) is 11.0. The summed E-state index contributed by atoms with van der Waals surface area (Å²) in [6.45, 7) is 3.65. The van der Waals surface area contributed by atoms with Crippen molar-refractivity contribution in [3.63, 3.8) is 0 Å². The van der Waals surface area contributed by atoms with Gasteiger partial charge in [-0.15, -0.1) is 0 Å². The van der Waals surface area contributed by atoms with E-state index in [2.05, 4.69) is 0 Å². The van der Waals surface area contributed by atoms with E-state index in [0.717, 1.165) is 22.4 Å². The van der Waals surface area contributed by atoms with Crippen molar-refractivity contribution in [3.05, 3.63) is 65.2 Å². The number of likely N-dealkylation sites (N-methyl/N-ethyl adjacent to an activating group) is 1. The van der Waals surface area contributed by atoms with Crippen molar-refractivity contribution in [2.45, 2.75) is 20.3 Å². The van der Waals surface area contributed by atoms with Gasteiger partial charge in [0.2, 0.25) is 0 Å². The van der Waals surface area contributed by atoms with Crippen molar-refractivity contribution in [3.8, 4) is 0 Å². The lowest BCUT2D eigenvalue weighted by molar-refractivity contribution is -0.147. The molecule has 0 spiro atoms. The Balaban J connectivity index is 1.89. The minimum atomic E-state index is -0.398. The van der Waals surface area contributed by atoms with E-state index in [0.29, 0.717) is 0 Å². The van der Waals surface area contributed by atoms with E-state index < -0.39 is 5.97 Å². The van der Waals surface area contributed by atoms with Crippen LogP contribution in [0.4, 0.5) is 5.69 Å². The number of hydrogen-bond donors (Lipinski definition) is 0. The SMILES string of the molecule is Cc1cccc(N(C)C(=O)COC(=O)Cc2ccccc2C)c1. The van der Waals surface area contributed by atoms with Crippen LogP contribution in [-0.4, -0.2) is 25.5 Å². The fourth-order valence-electron chi connectivity index (χ4n) is 2.23. The molecule has 0 unspecified atom stereocenters. The molecule has 1 amide bonds. The van der Waals surface area contributed by atoms with Crippen molar-refractivity contribution in [2.75, 3.05) is 18.6 Å². The molecule has 23 heavy (non-hydrogen) atoms. The number of hydrogen-bond acceptors (Lipinski definition) is 3. The van der Waals surface area contributed by atoms with Gasteiger partial charge in [0.15, 0.2) is 6.61 Å². The number of carbonyl (C=O) groups excluding carboxylic acids is 2. The maximum absolute atomic E-state index is 12.1. The highest BCUT2D eigenvalue weighted by Crippen LogP contribution is 2.14. The first-order valence-corrected chi connectivity index (χ1v) is 7.50. The number of benzene rings is 2. The molecule has 0 aliphatic heterocycles. The van der Waals surface area contributed by atoms with E-state index >= 15 is 0 Å². The summed E-state index contributed by atoms with van der Waals surface area (Å²) in [5, 5.41) is 0. The molecule has 2 rings (SSSR count). The third-order valence-corrected chi connectivity index (χ3v) is 3.72. The molecule has 0 radical (unpaired) electrons. The average molecular weight is 311 g/mol. The Morgan fingerprint density at radius 1 is 1.04 bits per heavy atom. The molecule has 0 fully saturated rings. The second-order valence-electron chi connectivity index (χ2n) is 5.56. The zero-order chi connectivity index (χ0) is 16.8. The Labute approximate surface area is 136 Å². The van der Waals surface area contributed by atoms with Crippen LogP contribution < -0.4 is 4.90 Å². The number of aryl methyl sites for hydroxylation is 2. The molecule has 0 heterocycles. The minimum Gasteiger partial charge on any atom is -0.455 e. The molecule has 0 aromatic heterocycles. The largest absolute Gasteiger partial charge is 0.455 e. The lowest BCUT2D eigenvalue weighted by Crippen LogP contribution is -2.31. The summed E-state index contributed by atoms with van der Waals surface area (Å²) in [6, 6.07) is 15.2. The zero-order valence-corrected chi connectivity index (χ0v) is 13.7. The summed E-state index contributed by atoms with van der Waals surface area (Å²) < 4.78 is 5.11. The van der Waals surface area contributed by atoms with Gasteiger partial charge in [0.25, 0.3) is 5.91 Å². The molecule has 0 aliphatic rings. The summed E-state index contributed by atoms with van der Waals surface area (Å²) in [6.07, 6.45) is 0.175. The number of rotatable bonds is 5. The first-order valence-electron chi connectivity index (χ1n) is 7.50. The van der Waals surface area contributed by atoms with Crippen molar-refractivity contribution < 1.29 is 14.3 Å². The first kappa shape index (κ1) is 16.7. The maximum atomic E-state index is 12.1. The predicted molar refractivity (Wildman–Crippen MR) is 90.4 cm³/mol. The maximum Gasteiger partial charge on any atom is 0.310 e. The highest BCUT2D eigenvalue weighted by molar-refractivity contribution is 5.94. The van der Waals surface area contributed by atoms with Gasteiger partial charge in [-0.2, -0.15) is 0 Å². The third-order valence-electron chi connectivity index (χ3n) is 3.72. The molecule has 4 heteroatoms. The van der Waals surface area contributed by atoms with E-state index in [4.69, 9.17) is 4.74 Å². The van der Waals surface area contributed by atoms with Gasteiger partial charge in [0.05, 0.1) is 6.42 Å². The molecule has 0 N–H and O–H groups in total. The average Bonchev–Trinajstić information content (AvgIpc) is 2.54. The fraction of sp³-hybridized carbons (Fsp3) is 0.263. The number of nitrogens with zero attached hydrogens (tertiary/aromatic N) is 1. The van der Waals surface area contributed by atoms with Crippen LogP contribution in [0.3, 0.4) is 0 Å². The van der Waals surface area contributed by atoms with E-state index in [1.54, 1.807) is 7.05 Å². The van der Waals surface area contributed by atoms with E-state index in [-0.39, 0.29) is 18.9 Å². The van der Waals surface area contributed by atoms with Gasteiger partial charge >= 0.3 is 5.97 Å². The van der Waals surface area contributed by atoms with Crippen molar-refractivity contribution in [1.29, 1.82) is 0 Å². The van der Waals surface area contributed by atoms with Crippen molar-refractivity contribution in [1.82, 2.24) is 0 Å². The molecule has 4 nitrogen and oxygen atoms in total. The molecular weight excluding hydrogens is 290 g/mol. The number of carbonyl (C=O) groups is 2. The molecule has 0 saturated heterocycles. The smallest absolute Gasteiger partial charge is 0.310 e. The lowest BCUT2D eigenvalue weighted by Gasteiger charge is -2.17. The topological polar surface area (TPSA) is 46.6 Å². The Hall–Kier alpha value is -2.62. The van der Waals surface area contributed by atoms with Crippen LogP contribution in [0.25, 0.3) is 0 Å². The van der Waals surface area contributed by atoms with E-state index in [1.807, 2.05) is 62.4 Å². The molecule has 2 aromatic rings. The normalized spacial score (nSPS) is 10.2. The molecule has 120 valence electrons. The van der Waals surface area contributed by atoms with Crippen molar-refractivity contribution >= 4 is 17.6 Å². The van der Waals surface area contributed by atoms with Gasteiger partial charge in [-0.3, -0.25) is 9.59 Å². The van der Waals surface area contributed by atoms with Gasteiger partial charge in [-0.05, 0) is 42.7 Å². The molecule has 0 saturated carbocycles. The molecular formula is C19H21NO3. The Kier molecular flexibility index (Phi) is 5.52. The molecule has 0 aliphatic carbocycles. The Morgan fingerprint density at radius 2 is 1.78 bits per heavy atom. The van der Waals surface area contributed by atoms with Crippen molar-refractivity contribution in [2.24, 2.45) is 0 Å². The van der Waals surface area contributed by atoms with Gasteiger partial charge in [0.1, 0.15) is 0 Å². The van der Waals surface area contributed by atoms with Crippen LogP contribution in [0, 0.1) is 13.8 Å². The second kappa shape index (κ2) is 7.58. The molecule has 0 bridgehead atoms. The van der Waals surface area contributed by atoms with Crippen LogP contribution in [0.1, 0.15) is 16.7 Å². The van der Waals surface area contributed by atoms with Crippen LogP contribution in [0.2, 0.25) is 0 Å². The Morgan fingerprint density at radius 3 is 2.48 bits per heavy atom. The monoisotopic (exact) mass is 311 g/mol. The van der Waals surface area contributed by atoms with Crippen LogP contribution in [0.5, 0.6) is 0 Å². The fourth-order valence-corrected chi connectivity index (χ4v) is 2.23. The summed E-state index contributed by atoms with van der Waals surface area (Å²) in [5.74, 6) is -0.654. The van der Waals surface area contributed by atoms with Gasteiger partial charge in [-0.25, -0.2) is 0 Å². The quantitative estimate of drug-likeness (QED) is 0.797. The zero-order valence-electron chi connectivity index (χ0n) is 13.7.